The molecule has 3 nitrogen and oxygen atoms in total. The van der Waals surface area contributed by atoms with Crippen molar-refractivity contribution in [3.05, 3.63) is 29.8 Å². The second kappa shape index (κ2) is 4.84. The zero-order valence-corrected chi connectivity index (χ0v) is 8.26. The number of carbonyl (C=O) groups is 1. The van der Waals surface area contributed by atoms with Crippen LogP contribution in [0.2, 0.25) is 0 Å². The Morgan fingerprint density at radius 1 is 1.53 bits per heavy atom. The van der Waals surface area contributed by atoms with Gasteiger partial charge in [0.05, 0.1) is 11.7 Å². The van der Waals surface area contributed by atoms with Crippen molar-refractivity contribution in [1.82, 2.24) is 0 Å². The number of nitrogens with one attached hydrogen (secondary N) is 1. The van der Waals surface area contributed by atoms with Crippen LogP contribution in [0.1, 0.15) is 13.3 Å². The number of halogens is 2. The summed E-state index contributed by atoms with van der Waals surface area (Å²) in [7, 11) is 0. The molecular formula is C10H12F2N2O. The normalized spacial score (nSPS) is 12.3. The summed E-state index contributed by atoms with van der Waals surface area (Å²) >= 11 is 0. The van der Waals surface area contributed by atoms with E-state index in [4.69, 9.17) is 5.73 Å². The summed E-state index contributed by atoms with van der Waals surface area (Å²) in [6, 6.07) is 2.85. The molecule has 3 N–H and O–H groups in total. The molecule has 82 valence electrons. The zero-order chi connectivity index (χ0) is 11.4. The van der Waals surface area contributed by atoms with Gasteiger partial charge in [-0.3, -0.25) is 4.79 Å². The maximum Gasteiger partial charge on any atom is 0.241 e. The van der Waals surface area contributed by atoms with E-state index in [9.17, 15) is 13.6 Å². The average molecular weight is 214 g/mol. The van der Waals surface area contributed by atoms with Gasteiger partial charge in [0, 0.05) is 0 Å². The first kappa shape index (κ1) is 11.6. The predicted molar refractivity (Wildman–Crippen MR) is 53.3 cm³/mol. The van der Waals surface area contributed by atoms with Crippen molar-refractivity contribution >= 4 is 11.6 Å². The third kappa shape index (κ3) is 2.73. The molecule has 1 atom stereocenters. The zero-order valence-electron chi connectivity index (χ0n) is 8.26. The first-order chi connectivity index (χ1) is 7.06. The summed E-state index contributed by atoms with van der Waals surface area (Å²) in [4.78, 5) is 11.3. The summed E-state index contributed by atoms with van der Waals surface area (Å²) in [6.45, 7) is 1.73. The lowest BCUT2D eigenvalue weighted by atomic mass is 10.2. The third-order valence-corrected chi connectivity index (χ3v) is 1.99. The lowest BCUT2D eigenvalue weighted by molar-refractivity contribution is -0.117. The van der Waals surface area contributed by atoms with Crippen LogP contribution in [0, 0.1) is 11.6 Å². The topological polar surface area (TPSA) is 55.1 Å². The molecule has 0 aliphatic rings. The van der Waals surface area contributed by atoms with E-state index >= 15 is 0 Å². The maximum absolute atomic E-state index is 13.1. The Kier molecular flexibility index (Phi) is 3.74. The first-order valence-electron chi connectivity index (χ1n) is 4.56. The molecule has 0 saturated heterocycles. The molecule has 1 unspecified atom stereocenters. The smallest absolute Gasteiger partial charge is 0.241 e. The van der Waals surface area contributed by atoms with Gasteiger partial charge in [-0.05, 0) is 18.6 Å². The van der Waals surface area contributed by atoms with Gasteiger partial charge in [0.15, 0.2) is 11.6 Å². The molecule has 1 aromatic rings. The molecule has 0 spiro atoms. The van der Waals surface area contributed by atoms with Gasteiger partial charge in [0.25, 0.3) is 0 Å². The minimum atomic E-state index is -1.07. The molecule has 0 aliphatic heterocycles. The van der Waals surface area contributed by atoms with E-state index < -0.39 is 23.6 Å². The Labute approximate surface area is 86.3 Å². The number of rotatable bonds is 3. The molecule has 1 amide bonds. The molecule has 0 aliphatic carbocycles. The molecule has 1 rings (SSSR count). The monoisotopic (exact) mass is 214 g/mol. The maximum atomic E-state index is 13.1. The van der Waals surface area contributed by atoms with Gasteiger partial charge in [-0.25, -0.2) is 8.78 Å². The van der Waals surface area contributed by atoms with Crippen LogP contribution in [0.3, 0.4) is 0 Å². The highest BCUT2D eigenvalue weighted by atomic mass is 19.2. The van der Waals surface area contributed by atoms with Crippen molar-refractivity contribution < 1.29 is 13.6 Å². The van der Waals surface area contributed by atoms with E-state index in [1.165, 1.54) is 12.1 Å². The van der Waals surface area contributed by atoms with Gasteiger partial charge in [-0.2, -0.15) is 0 Å². The standard InChI is InChI=1S/C10H12F2N2O/c1-2-7(13)10(15)14-8-5-3-4-6(11)9(8)12/h3-5,7H,2,13H2,1H3,(H,14,15). The fourth-order valence-corrected chi connectivity index (χ4v) is 1.01. The highest BCUT2D eigenvalue weighted by Crippen LogP contribution is 2.16. The minimum absolute atomic E-state index is 0.191. The summed E-state index contributed by atoms with van der Waals surface area (Å²) in [5.74, 6) is -2.60. The van der Waals surface area contributed by atoms with Crippen molar-refractivity contribution in [3.63, 3.8) is 0 Å². The molecule has 15 heavy (non-hydrogen) atoms. The number of hydrogen-bond donors (Lipinski definition) is 2. The van der Waals surface area contributed by atoms with Gasteiger partial charge in [0.2, 0.25) is 5.91 Å². The van der Waals surface area contributed by atoms with Crippen LogP contribution in [0.25, 0.3) is 0 Å². The number of amides is 1. The molecule has 0 saturated carbocycles. The fraction of sp³-hybridized carbons (Fsp3) is 0.300. The minimum Gasteiger partial charge on any atom is -0.322 e. The van der Waals surface area contributed by atoms with E-state index in [1.807, 2.05) is 0 Å². The van der Waals surface area contributed by atoms with Crippen molar-refractivity contribution in [1.29, 1.82) is 0 Å². The van der Waals surface area contributed by atoms with Crippen molar-refractivity contribution in [2.45, 2.75) is 19.4 Å². The molecule has 0 fully saturated rings. The fourth-order valence-electron chi connectivity index (χ4n) is 1.01. The quantitative estimate of drug-likeness (QED) is 0.803. The molecule has 0 bridgehead atoms. The van der Waals surface area contributed by atoms with Crippen molar-refractivity contribution in [2.24, 2.45) is 5.73 Å². The van der Waals surface area contributed by atoms with E-state index in [0.29, 0.717) is 6.42 Å². The van der Waals surface area contributed by atoms with Gasteiger partial charge < -0.3 is 11.1 Å². The Bertz CT molecular complexity index is 368. The lowest BCUT2D eigenvalue weighted by Gasteiger charge is -2.10. The Balaban J connectivity index is 2.81. The SMILES string of the molecule is CCC(N)C(=O)Nc1cccc(F)c1F. The number of anilines is 1. The Hall–Kier alpha value is -1.49. The number of benzene rings is 1. The first-order valence-corrected chi connectivity index (χ1v) is 4.56. The van der Waals surface area contributed by atoms with E-state index in [0.717, 1.165) is 6.07 Å². The van der Waals surface area contributed by atoms with Gasteiger partial charge in [-0.15, -0.1) is 0 Å². The van der Waals surface area contributed by atoms with Gasteiger partial charge in [0.1, 0.15) is 0 Å². The number of hydrogen-bond acceptors (Lipinski definition) is 2. The highest BCUT2D eigenvalue weighted by molar-refractivity contribution is 5.94. The predicted octanol–water partition coefficient (Wildman–Crippen LogP) is 1.64. The summed E-state index contributed by atoms with van der Waals surface area (Å²) in [5, 5.41) is 2.22. The van der Waals surface area contributed by atoms with Gasteiger partial charge >= 0.3 is 0 Å². The largest absolute Gasteiger partial charge is 0.322 e. The van der Waals surface area contributed by atoms with Crippen LogP contribution in [0.5, 0.6) is 0 Å². The van der Waals surface area contributed by atoms with Crippen LogP contribution in [-0.2, 0) is 4.79 Å². The summed E-state index contributed by atoms with van der Waals surface area (Å²) in [6.07, 6.45) is 0.433. The van der Waals surface area contributed by atoms with Crippen LogP contribution in [0.4, 0.5) is 14.5 Å². The van der Waals surface area contributed by atoms with E-state index in [2.05, 4.69) is 5.32 Å². The number of nitrogens with two attached hydrogens (primary N) is 1. The van der Waals surface area contributed by atoms with Crippen molar-refractivity contribution in [3.8, 4) is 0 Å². The van der Waals surface area contributed by atoms with Crippen LogP contribution in [0.15, 0.2) is 18.2 Å². The molecule has 5 heteroatoms. The van der Waals surface area contributed by atoms with Crippen LogP contribution < -0.4 is 11.1 Å². The number of carbonyl (C=O) groups excluding carboxylic acids is 1. The Morgan fingerprint density at radius 3 is 2.80 bits per heavy atom. The highest BCUT2D eigenvalue weighted by Gasteiger charge is 2.14. The Morgan fingerprint density at radius 2 is 2.20 bits per heavy atom. The second-order valence-corrected chi connectivity index (χ2v) is 3.11. The van der Waals surface area contributed by atoms with Crippen LogP contribution in [-0.4, -0.2) is 11.9 Å². The molecular weight excluding hydrogens is 202 g/mol. The molecule has 1 aromatic carbocycles. The second-order valence-electron chi connectivity index (χ2n) is 3.11. The lowest BCUT2D eigenvalue weighted by Crippen LogP contribution is -2.35. The third-order valence-electron chi connectivity index (χ3n) is 1.99. The summed E-state index contributed by atoms with van der Waals surface area (Å²) < 4.78 is 25.9. The van der Waals surface area contributed by atoms with Gasteiger partial charge in [-0.1, -0.05) is 13.0 Å². The molecule has 0 radical (unpaired) electrons. The summed E-state index contributed by atoms with van der Waals surface area (Å²) in [5.41, 5.74) is 5.23. The average Bonchev–Trinajstić information content (AvgIpc) is 2.23. The van der Waals surface area contributed by atoms with E-state index in [1.54, 1.807) is 6.92 Å². The van der Waals surface area contributed by atoms with E-state index in [-0.39, 0.29) is 5.69 Å². The van der Waals surface area contributed by atoms with Crippen LogP contribution >= 0.6 is 0 Å². The molecule has 0 aromatic heterocycles. The van der Waals surface area contributed by atoms with Crippen molar-refractivity contribution in [2.75, 3.05) is 5.32 Å². The molecule has 0 heterocycles.